The molecule has 2 rings (SSSR count). The molecular weight excluding hydrogens is 338 g/mol. The first-order chi connectivity index (χ1) is 8.69. The molecule has 0 bridgehead atoms. The zero-order valence-corrected chi connectivity index (χ0v) is 12.5. The van der Waals surface area contributed by atoms with E-state index in [2.05, 4.69) is 30.6 Å². The molecule has 0 saturated carbocycles. The molecule has 0 aliphatic rings. The Morgan fingerprint density at radius 1 is 1.39 bits per heavy atom. The van der Waals surface area contributed by atoms with Crippen LogP contribution in [-0.2, 0) is 0 Å². The number of nitrogens with one attached hydrogen (secondary N) is 1. The van der Waals surface area contributed by atoms with E-state index in [1.165, 1.54) is 11.9 Å². The van der Waals surface area contributed by atoms with Crippen molar-refractivity contribution >= 4 is 45.2 Å². The molecule has 18 heavy (non-hydrogen) atoms. The van der Waals surface area contributed by atoms with Crippen molar-refractivity contribution in [3.05, 3.63) is 40.2 Å². The van der Waals surface area contributed by atoms with Crippen LogP contribution in [0.4, 0.5) is 5.69 Å². The van der Waals surface area contributed by atoms with Gasteiger partial charge < -0.3 is 9.46 Å². The number of methoxy groups -OCH3 is 1. The Balaban J connectivity index is 2.12. The minimum Gasteiger partial charge on any atom is -0.480 e. The fraction of sp³-hybridized carbons (Fsp3) is 0.0909. The molecule has 2 heterocycles. The summed E-state index contributed by atoms with van der Waals surface area (Å²) in [4.78, 5) is 8.96. The Morgan fingerprint density at radius 3 is 2.94 bits per heavy atom. The van der Waals surface area contributed by atoms with Gasteiger partial charge in [0.2, 0.25) is 5.88 Å². The largest absolute Gasteiger partial charge is 0.480 e. The average Bonchev–Trinajstić information content (AvgIpc) is 2.37. The summed E-state index contributed by atoms with van der Waals surface area (Å²) >= 11 is 10.6. The molecule has 1 N–H and O–H groups in total. The monoisotopic (exact) mass is 345 g/mol. The van der Waals surface area contributed by atoms with E-state index in [0.29, 0.717) is 10.9 Å². The Kier molecular flexibility index (Phi) is 4.68. The van der Waals surface area contributed by atoms with Crippen molar-refractivity contribution < 1.29 is 4.74 Å². The van der Waals surface area contributed by atoms with Crippen molar-refractivity contribution in [1.82, 2.24) is 9.97 Å². The first-order valence-corrected chi connectivity index (χ1v) is 6.92. The first-order valence-electron chi connectivity index (χ1n) is 4.93. The van der Waals surface area contributed by atoms with Gasteiger partial charge in [-0.15, -0.1) is 0 Å². The Bertz CT molecular complexity index is 556. The molecule has 2 aromatic heterocycles. The Hall–Kier alpha value is -0.980. The predicted octanol–water partition coefficient (Wildman–Crippen LogP) is 4.02. The number of pyridine rings is 2. The van der Waals surface area contributed by atoms with Crippen LogP contribution in [0.2, 0.25) is 5.02 Å². The van der Waals surface area contributed by atoms with Gasteiger partial charge in [0, 0.05) is 18.1 Å². The fourth-order valence-electron chi connectivity index (χ4n) is 1.21. The van der Waals surface area contributed by atoms with E-state index in [1.807, 2.05) is 12.1 Å². The second kappa shape index (κ2) is 6.26. The van der Waals surface area contributed by atoms with Gasteiger partial charge in [-0.1, -0.05) is 11.6 Å². The molecule has 0 aliphatic heterocycles. The summed E-state index contributed by atoms with van der Waals surface area (Å²) in [5, 5.41) is 0.566. The second-order valence-electron chi connectivity index (χ2n) is 3.23. The SMILES string of the molecule is COc1ncc(Cl)cc1SNc1ccnc(Br)c1. The molecule has 0 atom stereocenters. The smallest absolute Gasteiger partial charge is 0.228 e. The molecule has 7 heteroatoms. The summed E-state index contributed by atoms with van der Waals surface area (Å²) in [6, 6.07) is 5.53. The van der Waals surface area contributed by atoms with Crippen molar-refractivity contribution in [1.29, 1.82) is 0 Å². The maximum Gasteiger partial charge on any atom is 0.228 e. The summed E-state index contributed by atoms with van der Waals surface area (Å²) < 4.78 is 9.10. The van der Waals surface area contributed by atoms with Crippen LogP contribution in [0, 0.1) is 0 Å². The maximum absolute atomic E-state index is 5.90. The molecule has 0 saturated heterocycles. The molecule has 4 nitrogen and oxygen atoms in total. The van der Waals surface area contributed by atoms with Gasteiger partial charge in [-0.05, 0) is 46.1 Å². The molecule has 2 aromatic rings. The topological polar surface area (TPSA) is 47.0 Å². The van der Waals surface area contributed by atoms with Crippen LogP contribution in [0.5, 0.6) is 5.88 Å². The second-order valence-corrected chi connectivity index (χ2v) is 5.33. The Labute approximate surface area is 122 Å². The standard InChI is InChI=1S/C11H9BrClN3OS/c1-17-11-9(4-7(13)6-15-11)18-16-8-2-3-14-10(12)5-8/h2-6H,1H3,(H,14,16). The van der Waals surface area contributed by atoms with Crippen molar-refractivity contribution in [2.24, 2.45) is 0 Å². The maximum atomic E-state index is 5.90. The number of nitrogens with zero attached hydrogens (tertiary/aromatic N) is 2. The first kappa shape index (κ1) is 13.5. The highest BCUT2D eigenvalue weighted by atomic mass is 79.9. The third-order valence-corrected chi connectivity index (χ3v) is 3.47. The van der Waals surface area contributed by atoms with Crippen LogP contribution < -0.4 is 9.46 Å². The quantitative estimate of drug-likeness (QED) is 0.669. The van der Waals surface area contributed by atoms with E-state index < -0.39 is 0 Å². The third kappa shape index (κ3) is 3.51. The Morgan fingerprint density at radius 2 is 2.22 bits per heavy atom. The molecule has 0 unspecified atom stereocenters. The van der Waals surface area contributed by atoms with Crippen LogP contribution in [0.25, 0.3) is 0 Å². The van der Waals surface area contributed by atoms with Gasteiger partial charge in [-0.2, -0.15) is 0 Å². The summed E-state index contributed by atoms with van der Waals surface area (Å²) in [6.45, 7) is 0. The number of rotatable bonds is 4. The van der Waals surface area contributed by atoms with Crippen LogP contribution in [-0.4, -0.2) is 17.1 Å². The average molecular weight is 347 g/mol. The molecule has 0 radical (unpaired) electrons. The van der Waals surface area contributed by atoms with Crippen LogP contribution in [0.3, 0.4) is 0 Å². The van der Waals surface area contributed by atoms with Gasteiger partial charge in [0.25, 0.3) is 0 Å². The van der Waals surface area contributed by atoms with Crippen LogP contribution >= 0.6 is 39.5 Å². The normalized spacial score (nSPS) is 10.2. The minimum absolute atomic E-state index is 0.532. The van der Waals surface area contributed by atoms with E-state index in [-0.39, 0.29) is 0 Å². The molecular formula is C11H9BrClN3OS. The molecule has 0 spiro atoms. The number of aromatic nitrogens is 2. The van der Waals surface area contributed by atoms with Gasteiger partial charge >= 0.3 is 0 Å². The highest BCUT2D eigenvalue weighted by molar-refractivity contribution is 9.10. The summed E-state index contributed by atoms with van der Waals surface area (Å²) in [6.07, 6.45) is 3.26. The zero-order chi connectivity index (χ0) is 13.0. The van der Waals surface area contributed by atoms with Crippen molar-refractivity contribution in [3.63, 3.8) is 0 Å². The molecule has 0 amide bonds. The van der Waals surface area contributed by atoms with Crippen LogP contribution in [0.15, 0.2) is 40.1 Å². The van der Waals surface area contributed by atoms with E-state index in [1.54, 1.807) is 25.6 Å². The van der Waals surface area contributed by atoms with Gasteiger partial charge in [0.15, 0.2) is 0 Å². The lowest BCUT2D eigenvalue weighted by Gasteiger charge is -2.08. The van der Waals surface area contributed by atoms with Gasteiger partial charge in [-0.25, -0.2) is 9.97 Å². The predicted molar refractivity (Wildman–Crippen MR) is 77.2 cm³/mol. The van der Waals surface area contributed by atoms with Crippen molar-refractivity contribution in [2.45, 2.75) is 4.90 Å². The van der Waals surface area contributed by atoms with Crippen molar-refractivity contribution in [2.75, 3.05) is 11.8 Å². The summed E-state index contributed by atoms with van der Waals surface area (Å²) in [7, 11) is 1.57. The number of halogens is 2. The molecule has 0 aromatic carbocycles. The number of ether oxygens (including phenoxy) is 1. The van der Waals surface area contributed by atoms with E-state index >= 15 is 0 Å². The lowest BCUT2D eigenvalue weighted by molar-refractivity contribution is 0.387. The number of hydrogen-bond acceptors (Lipinski definition) is 5. The lowest BCUT2D eigenvalue weighted by Crippen LogP contribution is -1.93. The van der Waals surface area contributed by atoms with Crippen LogP contribution in [0.1, 0.15) is 0 Å². The molecule has 0 fully saturated rings. The van der Waals surface area contributed by atoms with Gasteiger partial charge in [0.05, 0.1) is 17.0 Å². The van der Waals surface area contributed by atoms with E-state index in [4.69, 9.17) is 16.3 Å². The molecule has 94 valence electrons. The fourth-order valence-corrected chi connectivity index (χ4v) is 2.57. The third-order valence-electron chi connectivity index (χ3n) is 1.98. The summed E-state index contributed by atoms with van der Waals surface area (Å²) in [5.41, 5.74) is 0.920. The number of hydrogen-bond donors (Lipinski definition) is 1. The number of anilines is 1. The van der Waals surface area contributed by atoms with E-state index in [0.717, 1.165) is 15.2 Å². The molecule has 0 aliphatic carbocycles. The zero-order valence-electron chi connectivity index (χ0n) is 9.35. The highest BCUT2D eigenvalue weighted by Crippen LogP contribution is 2.30. The van der Waals surface area contributed by atoms with Gasteiger partial charge in [0.1, 0.15) is 4.60 Å². The van der Waals surface area contributed by atoms with E-state index in [9.17, 15) is 0 Å². The van der Waals surface area contributed by atoms with Gasteiger partial charge in [-0.3, -0.25) is 0 Å². The van der Waals surface area contributed by atoms with Crippen molar-refractivity contribution in [3.8, 4) is 5.88 Å². The summed E-state index contributed by atoms with van der Waals surface area (Å²) in [5.74, 6) is 0.532. The minimum atomic E-state index is 0.532. The highest BCUT2D eigenvalue weighted by Gasteiger charge is 2.06. The lowest BCUT2D eigenvalue weighted by atomic mass is 10.4.